The van der Waals surface area contributed by atoms with Gasteiger partial charge in [-0.15, -0.1) is 0 Å². The average molecular weight is 443 g/mol. The molecule has 1 atom stereocenters. The number of benzene rings is 1. The van der Waals surface area contributed by atoms with Gasteiger partial charge in [-0.25, -0.2) is 28.7 Å². The van der Waals surface area contributed by atoms with Gasteiger partial charge in [0.2, 0.25) is 5.96 Å². The fourth-order valence-corrected chi connectivity index (χ4v) is 2.89. The molecule has 0 unspecified atom stereocenters. The monoisotopic (exact) mass is 442 g/mol. The summed E-state index contributed by atoms with van der Waals surface area (Å²) in [6.07, 6.45) is 3.98. The third kappa shape index (κ3) is 6.50. The first-order chi connectivity index (χ1) is 15.2. The Morgan fingerprint density at radius 3 is 2.62 bits per heavy atom. The van der Waals surface area contributed by atoms with Gasteiger partial charge in [0.05, 0.1) is 11.3 Å². The number of halogens is 2. The maximum atomic E-state index is 13.3. The number of amides is 1. The van der Waals surface area contributed by atoms with E-state index in [-0.39, 0.29) is 23.5 Å². The van der Waals surface area contributed by atoms with Crippen molar-refractivity contribution in [1.29, 1.82) is 0 Å². The molecule has 170 valence electrons. The average Bonchev–Trinajstić information content (AvgIpc) is 2.79. The first kappa shape index (κ1) is 24.8. The number of carbonyl (C=O) groups excluding carboxylic acids is 1. The first-order valence-corrected chi connectivity index (χ1v) is 10.2. The summed E-state index contributed by atoms with van der Waals surface area (Å²) in [6.45, 7) is 9.97. The van der Waals surface area contributed by atoms with Gasteiger partial charge >= 0.3 is 0 Å². The zero-order chi connectivity index (χ0) is 23.7. The number of hydrogen-bond donors (Lipinski definition) is 1. The molecule has 1 aromatic heterocycles. The number of nitrogens with one attached hydrogen (secondary N) is 1. The van der Waals surface area contributed by atoms with Gasteiger partial charge in [0.25, 0.3) is 11.8 Å². The molecular formula is C23H28F2N6O. The summed E-state index contributed by atoms with van der Waals surface area (Å²) in [5.74, 6) is -3.09. The molecule has 7 nitrogen and oxygen atoms in total. The molecule has 0 saturated heterocycles. The van der Waals surface area contributed by atoms with Crippen molar-refractivity contribution in [3.8, 4) is 11.3 Å². The van der Waals surface area contributed by atoms with Gasteiger partial charge in [-0.2, -0.15) is 0 Å². The van der Waals surface area contributed by atoms with Crippen LogP contribution in [0.3, 0.4) is 0 Å². The lowest BCUT2D eigenvalue weighted by atomic mass is 10.1. The molecule has 0 fully saturated rings. The summed E-state index contributed by atoms with van der Waals surface area (Å²) in [5, 5.41) is 2.95. The molecule has 1 amide bonds. The zero-order valence-electron chi connectivity index (χ0n) is 18.7. The van der Waals surface area contributed by atoms with Crippen molar-refractivity contribution in [2.75, 3.05) is 13.1 Å². The number of guanidine groups is 1. The van der Waals surface area contributed by atoms with Crippen LogP contribution in [-0.4, -0.2) is 58.5 Å². The molecule has 9 heteroatoms. The Morgan fingerprint density at radius 2 is 2.03 bits per heavy atom. The molecule has 2 rings (SSSR count). The van der Waals surface area contributed by atoms with Crippen LogP contribution < -0.4 is 5.32 Å². The highest BCUT2D eigenvalue weighted by atomic mass is 19.3. The van der Waals surface area contributed by atoms with Crippen LogP contribution in [0.5, 0.6) is 0 Å². The third-order valence-corrected chi connectivity index (χ3v) is 4.90. The van der Waals surface area contributed by atoms with E-state index >= 15 is 0 Å². The van der Waals surface area contributed by atoms with Crippen molar-refractivity contribution in [3.05, 3.63) is 60.2 Å². The number of carbonyl (C=O) groups is 1. The number of alkyl halides is 2. The molecule has 0 saturated carbocycles. The van der Waals surface area contributed by atoms with Crippen LogP contribution in [0.4, 0.5) is 8.78 Å². The van der Waals surface area contributed by atoms with E-state index < -0.39 is 5.92 Å². The van der Waals surface area contributed by atoms with E-state index in [9.17, 15) is 13.6 Å². The smallest absolute Gasteiger partial charge is 0.268 e. The van der Waals surface area contributed by atoms with Gasteiger partial charge in [-0.1, -0.05) is 30.3 Å². The molecule has 0 bridgehead atoms. The number of hydrogen-bond acceptors (Lipinski definition) is 4. The number of rotatable bonds is 8. The summed E-state index contributed by atoms with van der Waals surface area (Å²) >= 11 is 0. The second kappa shape index (κ2) is 11.2. The minimum atomic E-state index is -2.97. The lowest BCUT2D eigenvalue weighted by molar-refractivity contribution is 0.0632. The fourth-order valence-electron chi connectivity index (χ4n) is 2.89. The van der Waals surface area contributed by atoms with E-state index in [0.717, 1.165) is 18.7 Å². The van der Waals surface area contributed by atoms with Gasteiger partial charge in [0.15, 0.2) is 0 Å². The second-order valence-electron chi connectivity index (χ2n) is 7.28. The predicted molar refractivity (Wildman–Crippen MR) is 123 cm³/mol. The summed E-state index contributed by atoms with van der Waals surface area (Å²) < 4.78 is 26.6. The van der Waals surface area contributed by atoms with Gasteiger partial charge in [0, 0.05) is 49.6 Å². The Balaban J connectivity index is 2.17. The van der Waals surface area contributed by atoms with Crippen molar-refractivity contribution < 1.29 is 13.6 Å². The molecule has 0 aliphatic carbocycles. The Labute approximate surface area is 187 Å². The molecule has 0 aliphatic heterocycles. The minimum absolute atomic E-state index is 0.0944. The Kier molecular flexibility index (Phi) is 8.69. The number of likely N-dealkylation sites (N-methyl/N-ethyl adjacent to an activating group) is 1. The zero-order valence-corrected chi connectivity index (χ0v) is 18.7. The molecular weight excluding hydrogens is 414 g/mol. The highest BCUT2D eigenvalue weighted by molar-refractivity contribution is 5.99. The van der Waals surface area contributed by atoms with E-state index in [2.05, 4.69) is 32.0 Å². The number of allylic oxidation sites excluding steroid dienone is 1. The molecule has 0 radical (unpaired) electrons. The largest absolute Gasteiger partial charge is 0.352 e. The minimum Gasteiger partial charge on any atom is -0.352 e. The third-order valence-electron chi connectivity index (χ3n) is 4.90. The van der Waals surface area contributed by atoms with Crippen molar-refractivity contribution in [2.24, 2.45) is 9.98 Å². The van der Waals surface area contributed by atoms with Crippen LogP contribution in [0.2, 0.25) is 0 Å². The van der Waals surface area contributed by atoms with Crippen LogP contribution >= 0.6 is 0 Å². The van der Waals surface area contributed by atoms with E-state index in [1.54, 1.807) is 4.90 Å². The summed E-state index contributed by atoms with van der Waals surface area (Å²) in [5.41, 5.74) is 1.57. The second-order valence-corrected chi connectivity index (χ2v) is 7.28. The Hall–Kier alpha value is -3.49. The normalized spacial score (nSPS) is 13.4. The van der Waals surface area contributed by atoms with E-state index in [1.807, 2.05) is 44.2 Å². The van der Waals surface area contributed by atoms with E-state index in [1.165, 1.54) is 19.4 Å². The first-order valence-electron chi connectivity index (χ1n) is 10.2. The summed E-state index contributed by atoms with van der Waals surface area (Å²) in [6, 6.07) is 9.15. The predicted octanol–water partition coefficient (Wildman–Crippen LogP) is 4.20. The maximum Gasteiger partial charge on any atom is 0.268 e. The van der Waals surface area contributed by atoms with Crippen LogP contribution in [0.15, 0.2) is 64.6 Å². The van der Waals surface area contributed by atoms with Gasteiger partial charge < -0.3 is 10.2 Å². The fraction of sp³-hybridized carbons (Fsp3) is 0.348. The lowest BCUT2D eigenvalue weighted by Gasteiger charge is -2.29. The molecule has 1 heterocycles. The SMILES string of the molecule is C=N/C(=N\C=C(/C)C(C)(F)F)NC[C@H](C)N(CC)C(=O)c1cncnc1-c1ccccc1. The van der Waals surface area contributed by atoms with Crippen LogP contribution in [0.1, 0.15) is 38.1 Å². The van der Waals surface area contributed by atoms with Crippen molar-refractivity contribution in [3.63, 3.8) is 0 Å². The van der Waals surface area contributed by atoms with E-state index in [0.29, 0.717) is 24.3 Å². The van der Waals surface area contributed by atoms with Gasteiger partial charge in [-0.3, -0.25) is 4.79 Å². The van der Waals surface area contributed by atoms with Crippen molar-refractivity contribution in [1.82, 2.24) is 20.2 Å². The number of nitrogens with zero attached hydrogens (tertiary/aromatic N) is 5. The van der Waals surface area contributed by atoms with Crippen molar-refractivity contribution in [2.45, 2.75) is 39.7 Å². The van der Waals surface area contributed by atoms with Crippen LogP contribution in [0.25, 0.3) is 11.3 Å². The topological polar surface area (TPSA) is 82.8 Å². The molecule has 0 aliphatic rings. The number of aliphatic imine (C=N–C) groups is 2. The molecule has 1 aromatic carbocycles. The Morgan fingerprint density at radius 1 is 1.34 bits per heavy atom. The maximum absolute atomic E-state index is 13.3. The summed E-state index contributed by atoms with van der Waals surface area (Å²) in [4.78, 5) is 31.0. The molecule has 1 N–H and O–H groups in total. The van der Waals surface area contributed by atoms with Crippen LogP contribution in [0, 0.1) is 0 Å². The quantitative estimate of drug-likeness (QED) is 0.491. The van der Waals surface area contributed by atoms with Crippen LogP contribution in [-0.2, 0) is 0 Å². The van der Waals surface area contributed by atoms with Gasteiger partial charge in [0.1, 0.15) is 6.33 Å². The number of aromatic nitrogens is 2. The molecule has 0 spiro atoms. The Bertz CT molecular complexity index is 985. The highest BCUT2D eigenvalue weighted by Gasteiger charge is 2.25. The van der Waals surface area contributed by atoms with Gasteiger partial charge in [-0.05, 0) is 27.5 Å². The molecule has 32 heavy (non-hydrogen) atoms. The van der Waals surface area contributed by atoms with E-state index in [4.69, 9.17) is 0 Å². The lowest BCUT2D eigenvalue weighted by Crippen LogP contribution is -2.45. The van der Waals surface area contributed by atoms with Crippen molar-refractivity contribution >= 4 is 18.6 Å². The standard InChI is InChI=1S/C23H28F2N6O/c1-6-31(17(3)13-29-22(26-5)28-12-16(2)23(4,24)25)21(32)19-14-27-15-30-20(19)18-10-8-7-9-11-18/h7-12,14-15,17H,5-6,13H2,1-4H3,(H,28,29)/b16-12+/t17-/m0/s1. The summed E-state index contributed by atoms with van der Waals surface area (Å²) in [7, 11) is 0. The molecule has 2 aromatic rings. The highest BCUT2D eigenvalue weighted by Crippen LogP contribution is 2.23.